The fraction of sp³-hybridized carbons (Fsp3) is 0.571. The number of nitrogens with zero attached hydrogens (tertiary/aromatic N) is 3. The molecule has 2 aromatic heterocycles. The first kappa shape index (κ1) is 15.5. The summed E-state index contributed by atoms with van der Waals surface area (Å²) in [4.78, 5) is 21.5. The molecule has 0 radical (unpaired) electrons. The Morgan fingerprint density at radius 2 is 2.20 bits per heavy atom. The summed E-state index contributed by atoms with van der Waals surface area (Å²) >= 11 is 3.18. The van der Waals surface area contributed by atoms with E-state index in [2.05, 4.69) is 16.8 Å². The number of aromatic nitrogens is 2. The van der Waals surface area contributed by atoms with Crippen LogP contribution in [0.2, 0.25) is 0 Å². The van der Waals surface area contributed by atoms with E-state index in [1.165, 1.54) is 4.88 Å². The lowest BCUT2D eigenvalue weighted by Crippen LogP contribution is -2.25. The highest BCUT2D eigenvalue weighted by molar-refractivity contribution is 7.98. The van der Waals surface area contributed by atoms with E-state index in [1.807, 2.05) is 31.0 Å². The molecule has 0 fully saturated rings. The van der Waals surface area contributed by atoms with Crippen molar-refractivity contribution < 1.29 is 0 Å². The fourth-order valence-electron chi connectivity index (χ4n) is 2.12. The maximum Gasteiger partial charge on any atom is 0.262 e. The molecular formula is C14H21N3OS2. The van der Waals surface area contributed by atoms with Crippen molar-refractivity contribution in [3.05, 3.63) is 21.3 Å². The molecule has 2 rings (SSSR count). The molecule has 0 aliphatic rings. The molecule has 4 nitrogen and oxygen atoms in total. The number of hydrogen-bond donors (Lipinski definition) is 0. The van der Waals surface area contributed by atoms with Crippen LogP contribution in [0, 0.1) is 0 Å². The highest BCUT2D eigenvalue weighted by Crippen LogP contribution is 2.24. The molecule has 0 N–H and O–H groups in total. The van der Waals surface area contributed by atoms with Crippen molar-refractivity contribution in [2.45, 2.75) is 31.5 Å². The number of thiophene rings is 1. The zero-order valence-corrected chi connectivity index (χ0v) is 14.1. The first-order valence-corrected chi connectivity index (χ1v) is 8.83. The van der Waals surface area contributed by atoms with Crippen LogP contribution in [-0.2, 0) is 13.0 Å². The Labute approximate surface area is 127 Å². The molecule has 6 heteroatoms. The Hall–Kier alpha value is -0.850. The van der Waals surface area contributed by atoms with Gasteiger partial charge in [0.2, 0.25) is 0 Å². The van der Waals surface area contributed by atoms with E-state index in [9.17, 15) is 4.79 Å². The molecular weight excluding hydrogens is 290 g/mol. The normalized spacial score (nSPS) is 11.7. The first-order valence-electron chi connectivity index (χ1n) is 6.78. The van der Waals surface area contributed by atoms with E-state index in [4.69, 9.17) is 0 Å². The molecule has 0 unspecified atom stereocenters. The van der Waals surface area contributed by atoms with Gasteiger partial charge in [0.25, 0.3) is 5.56 Å². The van der Waals surface area contributed by atoms with Crippen LogP contribution < -0.4 is 5.56 Å². The average molecular weight is 311 g/mol. The van der Waals surface area contributed by atoms with Gasteiger partial charge in [-0.25, -0.2) is 4.98 Å². The summed E-state index contributed by atoms with van der Waals surface area (Å²) in [5, 5.41) is 1.60. The Kier molecular flexibility index (Phi) is 5.23. The molecule has 110 valence electrons. The highest BCUT2D eigenvalue weighted by Gasteiger charge is 2.13. The molecule has 0 spiro atoms. The largest absolute Gasteiger partial charge is 0.309 e. The third-order valence-electron chi connectivity index (χ3n) is 3.19. The minimum Gasteiger partial charge on any atom is -0.309 e. The first-order chi connectivity index (χ1) is 9.56. The van der Waals surface area contributed by atoms with E-state index in [0.29, 0.717) is 0 Å². The van der Waals surface area contributed by atoms with E-state index in [-0.39, 0.29) is 5.56 Å². The second kappa shape index (κ2) is 6.74. The van der Waals surface area contributed by atoms with Crippen LogP contribution in [0.1, 0.15) is 18.2 Å². The molecule has 0 aliphatic carbocycles. The lowest BCUT2D eigenvalue weighted by atomic mass is 10.3. The molecule has 0 amide bonds. The van der Waals surface area contributed by atoms with Crippen LogP contribution in [-0.4, -0.2) is 41.3 Å². The van der Waals surface area contributed by atoms with Gasteiger partial charge in [-0.3, -0.25) is 9.36 Å². The van der Waals surface area contributed by atoms with Gasteiger partial charge in [-0.2, -0.15) is 0 Å². The van der Waals surface area contributed by atoms with E-state index >= 15 is 0 Å². The second-order valence-corrected chi connectivity index (χ2v) is 6.89. The predicted molar refractivity (Wildman–Crippen MR) is 88.2 cm³/mol. The van der Waals surface area contributed by atoms with E-state index in [1.54, 1.807) is 23.1 Å². The Bertz CT molecular complexity index is 646. The summed E-state index contributed by atoms with van der Waals surface area (Å²) < 4.78 is 1.82. The monoisotopic (exact) mass is 311 g/mol. The summed E-state index contributed by atoms with van der Waals surface area (Å²) in [7, 11) is 4.10. The minimum absolute atomic E-state index is 0.106. The molecule has 0 saturated carbocycles. The Balaban J connectivity index is 2.41. The van der Waals surface area contributed by atoms with Crippen molar-refractivity contribution in [3.63, 3.8) is 0 Å². The maximum atomic E-state index is 12.6. The van der Waals surface area contributed by atoms with Gasteiger partial charge in [-0.1, -0.05) is 18.7 Å². The molecule has 0 aliphatic heterocycles. The summed E-state index contributed by atoms with van der Waals surface area (Å²) in [6.45, 7) is 3.81. The van der Waals surface area contributed by atoms with Crippen LogP contribution >= 0.6 is 23.1 Å². The third-order valence-corrected chi connectivity index (χ3v) is 5.04. The number of fused-ring (bicyclic) bond motifs is 1. The van der Waals surface area contributed by atoms with Crippen LogP contribution in [0.5, 0.6) is 0 Å². The van der Waals surface area contributed by atoms with Crippen molar-refractivity contribution in [2.75, 3.05) is 26.9 Å². The second-order valence-electron chi connectivity index (χ2n) is 5.00. The quantitative estimate of drug-likeness (QED) is 0.607. The van der Waals surface area contributed by atoms with Gasteiger partial charge in [-0.15, -0.1) is 11.3 Å². The van der Waals surface area contributed by atoms with Crippen LogP contribution in [0.15, 0.2) is 16.0 Å². The van der Waals surface area contributed by atoms with Crippen molar-refractivity contribution in [2.24, 2.45) is 0 Å². The van der Waals surface area contributed by atoms with Gasteiger partial charge in [0.05, 0.1) is 5.39 Å². The van der Waals surface area contributed by atoms with E-state index in [0.717, 1.165) is 41.3 Å². The van der Waals surface area contributed by atoms with Gasteiger partial charge >= 0.3 is 0 Å². The van der Waals surface area contributed by atoms with Crippen molar-refractivity contribution in [1.82, 2.24) is 14.5 Å². The van der Waals surface area contributed by atoms with Gasteiger partial charge in [0, 0.05) is 11.4 Å². The zero-order valence-electron chi connectivity index (χ0n) is 12.5. The van der Waals surface area contributed by atoms with Crippen molar-refractivity contribution in [1.29, 1.82) is 0 Å². The summed E-state index contributed by atoms with van der Waals surface area (Å²) in [6.07, 6.45) is 3.89. The van der Waals surface area contributed by atoms with Gasteiger partial charge in [-0.05, 0) is 45.8 Å². The summed E-state index contributed by atoms with van der Waals surface area (Å²) in [5.74, 6) is 0. The number of hydrogen-bond acceptors (Lipinski definition) is 5. The number of thioether (sulfide) groups is 1. The molecule has 2 aromatic rings. The molecule has 0 atom stereocenters. The van der Waals surface area contributed by atoms with Gasteiger partial charge in [0.1, 0.15) is 4.83 Å². The molecule has 20 heavy (non-hydrogen) atoms. The van der Waals surface area contributed by atoms with Crippen molar-refractivity contribution in [3.8, 4) is 0 Å². The summed E-state index contributed by atoms with van der Waals surface area (Å²) in [6, 6.07) is 2.00. The molecule has 0 aromatic carbocycles. The van der Waals surface area contributed by atoms with Crippen molar-refractivity contribution >= 4 is 33.3 Å². The number of rotatable bonds is 6. The maximum absolute atomic E-state index is 12.6. The Morgan fingerprint density at radius 1 is 1.45 bits per heavy atom. The zero-order chi connectivity index (χ0) is 14.7. The van der Waals surface area contributed by atoms with E-state index < -0.39 is 0 Å². The average Bonchev–Trinajstić information content (AvgIpc) is 2.84. The van der Waals surface area contributed by atoms with Gasteiger partial charge < -0.3 is 4.90 Å². The molecule has 0 bridgehead atoms. The van der Waals surface area contributed by atoms with Crippen LogP contribution in [0.3, 0.4) is 0 Å². The smallest absolute Gasteiger partial charge is 0.262 e. The van der Waals surface area contributed by atoms with Crippen LogP contribution in [0.4, 0.5) is 0 Å². The SMILES string of the molecule is CCc1cc2c(=O)n(CCCN(C)C)c(SC)nc2s1. The molecule has 0 saturated heterocycles. The topological polar surface area (TPSA) is 38.1 Å². The van der Waals surface area contributed by atoms with Gasteiger partial charge in [0.15, 0.2) is 5.16 Å². The minimum atomic E-state index is 0.106. The lowest BCUT2D eigenvalue weighted by Gasteiger charge is -2.12. The predicted octanol–water partition coefficient (Wildman–Crippen LogP) is 2.69. The van der Waals surface area contributed by atoms with Crippen LogP contribution in [0.25, 0.3) is 10.2 Å². The fourth-order valence-corrected chi connectivity index (χ4v) is 3.71. The lowest BCUT2D eigenvalue weighted by molar-refractivity contribution is 0.379. The third kappa shape index (κ3) is 3.24. The number of aryl methyl sites for hydroxylation is 1. The highest BCUT2D eigenvalue weighted by atomic mass is 32.2. The Morgan fingerprint density at radius 3 is 2.80 bits per heavy atom. The molecule has 2 heterocycles. The standard InChI is InChI=1S/C14H21N3OS2/c1-5-10-9-11-12(20-10)15-14(19-4)17(13(11)18)8-6-7-16(2)3/h9H,5-8H2,1-4H3. The summed E-state index contributed by atoms with van der Waals surface area (Å²) in [5.41, 5.74) is 0.106.